The third kappa shape index (κ3) is 5.21. The van der Waals surface area contributed by atoms with Crippen molar-refractivity contribution < 1.29 is 19.0 Å². The van der Waals surface area contributed by atoms with Crippen LogP contribution in [0.1, 0.15) is 17.3 Å². The molecule has 0 spiro atoms. The lowest BCUT2D eigenvalue weighted by molar-refractivity contribution is 0.102. The number of hydrogen-bond donors (Lipinski definition) is 0. The second kappa shape index (κ2) is 10.5. The fourth-order valence-corrected chi connectivity index (χ4v) is 4.78. The average Bonchev–Trinajstić information content (AvgIpc) is 3.32. The maximum absolute atomic E-state index is 12.9. The van der Waals surface area contributed by atoms with Crippen LogP contribution in [0.4, 0.5) is 0 Å². The molecule has 5 rings (SSSR count). The number of carbonyl (C=O) groups is 1. The van der Waals surface area contributed by atoms with Gasteiger partial charge in [0.1, 0.15) is 19.0 Å². The fraction of sp³-hybridized carbons (Fsp3) is 0.192. The Morgan fingerprint density at radius 2 is 1.74 bits per heavy atom. The number of aromatic nitrogens is 3. The van der Waals surface area contributed by atoms with Gasteiger partial charge in [-0.3, -0.25) is 9.36 Å². The molecule has 9 heteroatoms. The Balaban J connectivity index is 1.45. The predicted molar refractivity (Wildman–Crippen MR) is 138 cm³/mol. The van der Waals surface area contributed by atoms with E-state index < -0.39 is 0 Å². The quantitative estimate of drug-likeness (QED) is 0.201. The highest BCUT2D eigenvalue weighted by Crippen LogP contribution is 2.35. The summed E-state index contributed by atoms with van der Waals surface area (Å²) in [6.07, 6.45) is 0. The zero-order valence-corrected chi connectivity index (χ0v) is 21.3. The van der Waals surface area contributed by atoms with E-state index in [0.717, 1.165) is 21.5 Å². The Morgan fingerprint density at radius 3 is 2.49 bits per heavy atom. The average molecular weight is 552 g/mol. The number of carbonyl (C=O) groups excluding carboxylic acids is 1. The van der Waals surface area contributed by atoms with Gasteiger partial charge in [0.05, 0.1) is 18.0 Å². The molecule has 0 bridgehead atoms. The molecule has 0 amide bonds. The molecule has 4 aromatic rings. The van der Waals surface area contributed by atoms with Gasteiger partial charge in [-0.15, -0.1) is 10.2 Å². The van der Waals surface area contributed by atoms with E-state index in [-0.39, 0.29) is 11.5 Å². The third-order valence-corrected chi connectivity index (χ3v) is 6.80. The summed E-state index contributed by atoms with van der Waals surface area (Å²) in [5.41, 5.74) is 2.35. The summed E-state index contributed by atoms with van der Waals surface area (Å²) >= 11 is 4.82. The van der Waals surface area contributed by atoms with Crippen molar-refractivity contribution in [2.75, 3.05) is 25.6 Å². The van der Waals surface area contributed by atoms with Gasteiger partial charge < -0.3 is 14.2 Å². The van der Waals surface area contributed by atoms with Crippen molar-refractivity contribution in [3.63, 3.8) is 0 Å². The van der Waals surface area contributed by atoms with Crippen LogP contribution in [0.2, 0.25) is 0 Å². The van der Waals surface area contributed by atoms with Crippen LogP contribution in [0.25, 0.3) is 17.1 Å². The lowest BCUT2D eigenvalue weighted by Crippen LogP contribution is -2.15. The van der Waals surface area contributed by atoms with Gasteiger partial charge in [0, 0.05) is 21.7 Å². The van der Waals surface area contributed by atoms with Crippen LogP contribution in [0.15, 0.2) is 76.4 Å². The van der Waals surface area contributed by atoms with Gasteiger partial charge in [-0.2, -0.15) is 0 Å². The monoisotopic (exact) mass is 551 g/mol. The number of benzene rings is 3. The fourth-order valence-electron chi connectivity index (χ4n) is 3.67. The van der Waals surface area contributed by atoms with E-state index in [0.29, 0.717) is 47.9 Å². The maximum atomic E-state index is 12.9. The summed E-state index contributed by atoms with van der Waals surface area (Å²) in [6.45, 7) is 3.53. The number of thioether (sulfide) groups is 1. The Labute approximate surface area is 215 Å². The summed E-state index contributed by atoms with van der Waals surface area (Å²) in [7, 11) is 0. The molecule has 0 atom stereocenters. The topological polar surface area (TPSA) is 75.5 Å². The van der Waals surface area contributed by atoms with Crippen molar-refractivity contribution in [2.24, 2.45) is 0 Å². The molecule has 2 heterocycles. The van der Waals surface area contributed by atoms with Gasteiger partial charge in [0.25, 0.3) is 0 Å². The molecule has 0 fully saturated rings. The van der Waals surface area contributed by atoms with Crippen molar-refractivity contribution in [1.82, 2.24) is 14.8 Å². The van der Waals surface area contributed by atoms with Crippen LogP contribution in [-0.2, 0) is 0 Å². The third-order valence-electron chi connectivity index (χ3n) is 5.34. The molecule has 0 unspecified atom stereocenters. The van der Waals surface area contributed by atoms with Crippen molar-refractivity contribution in [3.05, 3.63) is 76.8 Å². The molecule has 1 aliphatic rings. The van der Waals surface area contributed by atoms with Crippen molar-refractivity contribution in [1.29, 1.82) is 0 Å². The van der Waals surface area contributed by atoms with E-state index >= 15 is 0 Å². The minimum absolute atomic E-state index is 0.0000329. The van der Waals surface area contributed by atoms with Crippen LogP contribution in [0.3, 0.4) is 0 Å². The number of nitrogens with zero attached hydrogens (tertiary/aromatic N) is 3. The zero-order valence-electron chi connectivity index (χ0n) is 18.9. The molecule has 178 valence electrons. The molecule has 7 nitrogen and oxygen atoms in total. The molecule has 0 aliphatic carbocycles. The largest absolute Gasteiger partial charge is 0.494 e. The highest BCUT2D eigenvalue weighted by atomic mass is 79.9. The van der Waals surface area contributed by atoms with E-state index in [1.165, 1.54) is 11.8 Å². The minimum atomic E-state index is -0.0000329. The van der Waals surface area contributed by atoms with Gasteiger partial charge in [-0.25, -0.2) is 0 Å². The van der Waals surface area contributed by atoms with Gasteiger partial charge in [-0.1, -0.05) is 39.8 Å². The van der Waals surface area contributed by atoms with Crippen molar-refractivity contribution >= 4 is 33.5 Å². The molecular formula is C26H22BrN3O4S. The number of ether oxygens (including phenoxy) is 3. The molecule has 1 aliphatic heterocycles. The van der Waals surface area contributed by atoms with Crippen LogP contribution in [-0.4, -0.2) is 46.1 Å². The Kier molecular flexibility index (Phi) is 7.06. The van der Waals surface area contributed by atoms with Crippen LogP contribution >= 0.6 is 27.7 Å². The molecule has 0 saturated carbocycles. The summed E-state index contributed by atoms with van der Waals surface area (Å²) in [6, 6.07) is 20.8. The predicted octanol–water partition coefficient (Wildman–Crippen LogP) is 5.84. The number of ketones is 1. The molecule has 35 heavy (non-hydrogen) atoms. The molecule has 1 aromatic heterocycles. The van der Waals surface area contributed by atoms with E-state index in [1.807, 2.05) is 66.1 Å². The van der Waals surface area contributed by atoms with E-state index in [1.54, 1.807) is 12.1 Å². The van der Waals surface area contributed by atoms with Crippen LogP contribution < -0.4 is 14.2 Å². The number of halogens is 1. The SMILES string of the molecule is CCOc1ccc(C(=O)CSc2nnc(-c3ccc(Br)cc3)n2-c2ccc3c(c2)OCCO3)cc1. The summed E-state index contributed by atoms with van der Waals surface area (Å²) in [5.74, 6) is 3.01. The lowest BCUT2D eigenvalue weighted by Gasteiger charge is -2.19. The number of fused-ring (bicyclic) bond motifs is 1. The second-order valence-electron chi connectivity index (χ2n) is 7.65. The number of Topliss-reactive ketones (excluding diaryl/α,β-unsaturated/α-hetero) is 1. The first-order valence-electron chi connectivity index (χ1n) is 11.1. The maximum Gasteiger partial charge on any atom is 0.196 e. The standard InChI is InChI=1S/C26H22BrN3O4S/c1-2-32-21-10-5-17(6-11-21)22(31)16-35-26-29-28-25(18-3-7-19(27)8-4-18)30(26)20-9-12-23-24(15-20)34-14-13-33-23/h3-12,15H,2,13-14,16H2,1H3. The number of hydrogen-bond acceptors (Lipinski definition) is 7. The Hall–Kier alpha value is -3.30. The highest BCUT2D eigenvalue weighted by molar-refractivity contribution is 9.10. The first-order chi connectivity index (χ1) is 17.1. The van der Waals surface area contributed by atoms with Gasteiger partial charge >= 0.3 is 0 Å². The van der Waals surface area contributed by atoms with Crippen molar-refractivity contribution in [3.8, 4) is 34.3 Å². The molecule has 0 radical (unpaired) electrons. The molecule has 0 saturated heterocycles. The molecule has 3 aromatic carbocycles. The summed E-state index contributed by atoms with van der Waals surface area (Å²) < 4.78 is 19.8. The van der Waals surface area contributed by atoms with Crippen LogP contribution in [0.5, 0.6) is 17.2 Å². The summed E-state index contributed by atoms with van der Waals surface area (Å²) in [5, 5.41) is 9.50. The van der Waals surface area contributed by atoms with Crippen LogP contribution in [0, 0.1) is 0 Å². The first-order valence-corrected chi connectivity index (χ1v) is 12.9. The Bertz CT molecular complexity index is 1340. The summed E-state index contributed by atoms with van der Waals surface area (Å²) in [4.78, 5) is 12.9. The molecular weight excluding hydrogens is 530 g/mol. The second-order valence-corrected chi connectivity index (χ2v) is 9.50. The van der Waals surface area contributed by atoms with Crippen molar-refractivity contribution in [2.45, 2.75) is 12.1 Å². The number of rotatable bonds is 8. The molecule has 0 N–H and O–H groups in total. The van der Waals surface area contributed by atoms with E-state index in [9.17, 15) is 4.79 Å². The Morgan fingerprint density at radius 1 is 1.00 bits per heavy atom. The van der Waals surface area contributed by atoms with Gasteiger partial charge in [0.2, 0.25) is 0 Å². The zero-order chi connectivity index (χ0) is 24.2. The van der Waals surface area contributed by atoms with E-state index in [4.69, 9.17) is 14.2 Å². The lowest BCUT2D eigenvalue weighted by atomic mass is 10.1. The highest BCUT2D eigenvalue weighted by Gasteiger charge is 2.20. The minimum Gasteiger partial charge on any atom is -0.494 e. The first kappa shape index (κ1) is 23.4. The van der Waals surface area contributed by atoms with E-state index in [2.05, 4.69) is 26.1 Å². The van der Waals surface area contributed by atoms with Gasteiger partial charge in [0.15, 0.2) is 28.3 Å². The van der Waals surface area contributed by atoms with Gasteiger partial charge in [-0.05, 0) is 55.5 Å². The normalized spacial score (nSPS) is 12.4. The smallest absolute Gasteiger partial charge is 0.196 e.